The Morgan fingerprint density at radius 1 is 1.17 bits per heavy atom. The first-order valence-corrected chi connectivity index (χ1v) is 8.25. The Bertz CT molecular complexity index is 746. The van der Waals surface area contributed by atoms with Crippen molar-refractivity contribution in [2.24, 2.45) is 0 Å². The van der Waals surface area contributed by atoms with Crippen LogP contribution in [0.1, 0.15) is 10.4 Å². The third-order valence-electron chi connectivity index (χ3n) is 3.22. The summed E-state index contributed by atoms with van der Waals surface area (Å²) in [6, 6.07) is 15.0. The van der Waals surface area contributed by atoms with Gasteiger partial charge in [-0.2, -0.15) is 0 Å². The van der Waals surface area contributed by atoms with Gasteiger partial charge in [0, 0.05) is 29.8 Å². The molecule has 0 radical (unpaired) electrons. The quantitative estimate of drug-likeness (QED) is 0.801. The van der Waals surface area contributed by atoms with Crippen LogP contribution in [0.15, 0.2) is 53.0 Å². The summed E-state index contributed by atoms with van der Waals surface area (Å²) in [6.45, 7) is 0.569. The van der Waals surface area contributed by atoms with Crippen molar-refractivity contribution in [1.82, 2.24) is 5.32 Å². The van der Waals surface area contributed by atoms with E-state index >= 15 is 0 Å². The maximum absolute atomic E-state index is 12.0. The summed E-state index contributed by atoms with van der Waals surface area (Å²) >= 11 is 3.38. The number of hydrogen-bond donors (Lipinski definition) is 1. The standard InChI is InChI=1S/C19H19BrN2O2/c1-22(2)17-10-8-15(9-11-17)19(23)21-12-3-4-13-24-18-7-5-6-16(20)14-18/h5-11,14H,12-13H2,1-2H3,(H,21,23). The van der Waals surface area contributed by atoms with Crippen LogP contribution in [-0.4, -0.2) is 33.2 Å². The van der Waals surface area contributed by atoms with E-state index in [1.165, 1.54) is 0 Å². The number of ether oxygens (including phenoxy) is 1. The molecular formula is C19H19BrN2O2. The van der Waals surface area contributed by atoms with Crippen molar-refractivity contribution in [2.75, 3.05) is 32.1 Å². The Labute approximate surface area is 150 Å². The Balaban J connectivity index is 1.74. The minimum atomic E-state index is -0.137. The monoisotopic (exact) mass is 386 g/mol. The van der Waals surface area contributed by atoms with Crippen LogP contribution in [0.4, 0.5) is 5.69 Å². The highest BCUT2D eigenvalue weighted by atomic mass is 79.9. The van der Waals surface area contributed by atoms with Crippen LogP contribution in [-0.2, 0) is 0 Å². The fraction of sp³-hybridized carbons (Fsp3) is 0.211. The van der Waals surface area contributed by atoms with E-state index in [1.807, 2.05) is 55.4 Å². The molecule has 2 rings (SSSR count). The molecule has 0 bridgehead atoms. The molecule has 0 fully saturated rings. The van der Waals surface area contributed by atoms with Gasteiger partial charge in [0.25, 0.3) is 5.91 Å². The van der Waals surface area contributed by atoms with Gasteiger partial charge in [0.1, 0.15) is 12.4 Å². The van der Waals surface area contributed by atoms with Crippen LogP contribution < -0.4 is 15.0 Å². The number of carbonyl (C=O) groups is 1. The molecule has 0 unspecified atom stereocenters. The number of benzene rings is 2. The van der Waals surface area contributed by atoms with E-state index in [9.17, 15) is 4.79 Å². The molecule has 0 aromatic heterocycles. The Hall–Kier alpha value is -2.45. The zero-order valence-corrected chi connectivity index (χ0v) is 15.3. The fourth-order valence-electron chi connectivity index (χ4n) is 1.93. The Morgan fingerprint density at radius 3 is 2.58 bits per heavy atom. The molecule has 2 aromatic rings. The molecule has 0 saturated heterocycles. The summed E-state index contributed by atoms with van der Waals surface area (Å²) in [6.07, 6.45) is 0. The van der Waals surface area contributed by atoms with Crippen molar-refractivity contribution in [2.45, 2.75) is 0 Å². The topological polar surface area (TPSA) is 41.6 Å². The predicted octanol–water partition coefficient (Wildman–Crippen LogP) is 3.33. The molecule has 0 atom stereocenters. The van der Waals surface area contributed by atoms with Gasteiger partial charge < -0.3 is 15.0 Å². The Morgan fingerprint density at radius 2 is 1.92 bits per heavy atom. The second-order valence-electron chi connectivity index (χ2n) is 5.22. The molecule has 1 N–H and O–H groups in total. The van der Waals surface area contributed by atoms with Crippen LogP contribution in [0.3, 0.4) is 0 Å². The van der Waals surface area contributed by atoms with Gasteiger partial charge in [-0.15, -0.1) is 0 Å². The third-order valence-corrected chi connectivity index (χ3v) is 3.71. The summed E-state index contributed by atoms with van der Waals surface area (Å²) < 4.78 is 6.45. The number of nitrogens with zero attached hydrogens (tertiary/aromatic N) is 1. The summed E-state index contributed by atoms with van der Waals surface area (Å²) in [5.74, 6) is 6.37. The second kappa shape index (κ2) is 8.99. The van der Waals surface area contributed by atoms with Gasteiger partial charge in [0.15, 0.2) is 0 Å². The van der Waals surface area contributed by atoms with Crippen molar-refractivity contribution < 1.29 is 9.53 Å². The van der Waals surface area contributed by atoms with Crippen LogP contribution >= 0.6 is 15.9 Å². The normalized spacial score (nSPS) is 9.62. The lowest BCUT2D eigenvalue weighted by Crippen LogP contribution is -2.23. The van der Waals surface area contributed by atoms with E-state index in [-0.39, 0.29) is 19.1 Å². The molecule has 0 spiro atoms. The number of amides is 1. The summed E-state index contributed by atoms with van der Waals surface area (Å²) in [7, 11) is 3.92. The molecule has 4 nitrogen and oxygen atoms in total. The van der Waals surface area contributed by atoms with Gasteiger partial charge in [-0.25, -0.2) is 0 Å². The summed E-state index contributed by atoms with van der Waals surface area (Å²) in [5, 5.41) is 2.77. The van der Waals surface area contributed by atoms with E-state index in [2.05, 4.69) is 33.1 Å². The second-order valence-corrected chi connectivity index (χ2v) is 6.14. The predicted molar refractivity (Wildman–Crippen MR) is 101 cm³/mol. The molecule has 0 saturated carbocycles. The summed E-state index contributed by atoms with van der Waals surface area (Å²) in [4.78, 5) is 14.0. The number of anilines is 1. The largest absolute Gasteiger partial charge is 0.481 e. The van der Waals surface area contributed by atoms with E-state index < -0.39 is 0 Å². The number of hydrogen-bond acceptors (Lipinski definition) is 3. The van der Waals surface area contributed by atoms with Crippen LogP contribution in [0.25, 0.3) is 0 Å². The molecule has 0 heterocycles. The number of halogens is 1. The summed E-state index contributed by atoms with van der Waals surface area (Å²) in [5.41, 5.74) is 1.67. The van der Waals surface area contributed by atoms with Gasteiger partial charge in [0.05, 0.1) is 6.54 Å². The number of nitrogens with one attached hydrogen (secondary N) is 1. The first-order valence-electron chi connectivity index (χ1n) is 7.46. The number of rotatable bonds is 5. The Kier molecular flexibility index (Phi) is 6.71. The maximum atomic E-state index is 12.0. The highest BCUT2D eigenvalue weighted by Gasteiger charge is 2.04. The third kappa shape index (κ3) is 5.64. The first kappa shape index (κ1) is 17.9. The van der Waals surface area contributed by atoms with Gasteiger partial charge in [-0.05, 0) is 42.5 Å². The first-order chi connectivity index (χ1) is 11.6. The molecule has 0 aliphatic rings. The van der Waals surface area contributed by atoms with E-state index in [1.54, 1.807) is 12.1 Å². The highest BCUT2D eigenvalue weighted by molar-refractivity contribution is 9.10. The van der Waals surface area contributed by atoms with Crippen molar-refractivity contribution in [3.63, 3.8) is 0 Å². The van der Waals surface area contributed by atoms with Gasteiger partial charge >= 0.3 is 0 Å². The van der Waals surface area contributed by atoms with E-state index in [0.29, 0.717) is 5.56 Å². The molecule has 0 aliphatic carbocycles. The van der Waals surface area contributed by atoms with Gasteiger partial charge in [-0.1, -0.05) is 33.8 Å². The molecule has 124 valence electrons. The number of carbonyl (C=O) groups excluding carboxylic acids is 1. The zero-order valence-electron chi connectivity index (χ0n) is 13.7. The molecule has 0 aliphatic heterocycles. The minimum Gasteiger partial charge on any atom is -0.481 e. The SMILES string of the molecule is CN(C)c1ccc(C(=O)NCC#CCOc2cccc(Br)c2)cc1. The molecular weight excluding hydrogens is 368 g/mol. The van der Waals surface area contributed by atoms with Crippen molar-refractivity contribution in [3.8, 4) is 17.6 Å². The molecule has 1 amide bonds. The molecule has 2 aromatic carbocycles. The van der Waals surface area contributed by atoms with E-state index in [0.717, 1.165) is 15.9 Å². The van der Waals surface area contributed by atoms with Gasteiger partial charge in [0.2, 0.25) is 0 Å². The molecule has 5 heteroatoms. The smallest absolute Gasteiger partial charge is 0.252 e. The fourth-order valence-corrected chi connectivity index (χ4v) is 2.31. The van der Waals surface area contributed by atoms with Crippen molar-refractivity contribution in [1.29, 1.82) is 0 Å². The van der Waals surface area contributed by atoms with Gasteiger partial charge in [-0.3, -0.25) is 4.79 Å². The molecule has 24 heavy (non-hydrogen) atoms. The zero-order chi connectivity index (χ0) is 17.4. The lowest BCUT2D eigenvalue weighted by atomic mass is 10.2. The average Bonchev–Trinajstić information content (AvgIpc) is 2.58. The lowest BCUT2D eigenvalue weighted by Gasteiger charge is -2.12. The van der Waals surface area contributed by atoms with Crippen LogP contribution in [0, 0.1) is 11.8 Å². The highest BCUT2D eigenvalue weighted by Crippen LogP contribution is 2.17. The van der Waals surface area contributed by atoms with E-state index in [4.69, 9.17) is 4.74 Å². The van der Waals surface area contributed by atoms with Crippen LogP contribution in [0.2, 0.25) is 0 Å². The van der Waals surface area contributed by atoms with Crippen LogP contribution in [0.5, 0.6) is 5.75 Å². The van der Waals surface area contributed by atoms with Crippen molar-refractivity contribution in [3.05, 3.63) is 58.6 Å². The maximum Gasteiger partial charge on any atom is 0.252 e. The average molecular weight is 387 g/mol. The van der Waals surface area contributed by atoms with Crippen molar-refractivity contribution >= 4 is 27.5 Å². The lowest BCUT2D eigenvalue weighted by molar-refractivity contribution is 0.0958. The minimum absolute atomic E-state index is 0.137.